The summed E-state index contributed by atoms with van der Waals surface area (Å²) in [4.78, 5) is 39.2. The molecule has 1 aliphatic carbocycles. The number of rotatable bonds is 8. The molecule has 218 valence electrons. The van der Waals surface area contributed by atoms with Gasteiger partial charge < -0.3 is 9.47 Å². The summed E-state index contributed by atoms with van der Waals surface area (Å²) >= 11 is 12.3. The molecule has 0 saturated heterocycles. The fourth-order valence-corrected chi connectivity index (χ4v) is 5.58. The van der Waals surface area contributed by atoms with E-state index >= 15 is 0 Å². The Balaban J connectivity index is 1.52. The van der Waals surface area contributed by atoms with Crippen molar-refractivity contribution in [1.82, 2.24) is 20.0 Å². The van der Waals surface area contributed by atoms with Crippen LogP contribution in [-0.4, -0.2) is 56.8 Å². The van der Waals surface area contributed by atoms with E-state index in [1.807, 2.05) is 36.4 Å². The fourth-order valence-electron chi connectivity index (χ4n) is 5.32. The summed E-state index contributed by atoms with van der Waals surface area (Å²) in [5.41, 5.74) is 3.17. The highest BCUT2D eigenvalue weighted by atomic mass is 35.5. The van der Waals surface area contributed by atoms with E-state index in [1.165, 1.54) is 5.01 Å². The standard InChI is InChI=1S/C30H29Cl2N5O5/c1-3-41-29(39)26-28(30(40)42-4-2)36(35-33-26)17-24(38)37-27(19-10-14-22(32)15-11-19)23-7-5-6-20(25(23)34-37)16-18-8-12-21(31)13-9-18/h8-16,23,27H,3-7,17H2,1-2H3/b20-16-. The number of fused-ring (bicyclic) bond motifs is 1. The number of carbonyl (C=O) groups is 3. The molecule has 42 heavy (non-hydrogen) atoms. The highest BCUT2D eigenvalue weighted by molar-refractivity contribution is 6.30. The first kappa shape index (κ1) is 29.5. The molecule has 0 spiro atoms. The van der Waals surface area contributed by atoms with Crippen LogP contribution in [0.4, 0.5) is 0 Å². The number of allylic oxidation sites excluding steroid dienone is 1. The van der Waals surface area contributed by atoms with E-state index in [-0.39, 0.29) is 30.5 Å². The zero-order chi connectivity index (χ0) is 29.8. The SMILES string of the molecule is CCOC(=O)c1nnn(CC(=O)N2N=C3/C(=C\c4ccc(Cl)cc4)CCCC3C2c2ccc(Cl)cc2)c1C(=O)OCC. The van der Waals surface area contributed by atoms with Gasteiger partial charge in [-0.3, -0.25) is 4.79 Å². The van der Waals surface area contributed by atoms with Crippen LogP contribution in [0.1, 0.15) is 71.3 Å². The Kier molecular flexibility index (Phi) is 9.03. The van der Waals surface area contributed by atoms with Gasteiger partial charge in [0.1, 0.15) is 6.54 Å². The van der Waals surface area contributed by atoms with Crippen molar-refractivity contribution in [2.75, 3.05) is 13.2 Å². The highest BCUT2D eigenvalue weighted by Gasteiger charge is 2.44. The molecule has 0 radical (unpaired) electrons. The number of esters is 2. The molecule has 1 saturated carbocycles. The van der Waals surface area contributed by atoms with Crippen molar-refractivity contribution >= 4 is 52.8 Å². The maximum absolute atomic E-state index is 14.0. The van der Waals surface area contributed by atoms with E-state index in [9.17, 15) is 14.4 Å². The van der Waals surface area contributed by atoms with Gasteiger partial charge in [0.05, 0.1) is 25.0 Å². The number of hydrazone groups is 1. The molecule has 2 heterocycles. The van der Waals surface area contributed by atoms with Crippen molar-refractivity contribution in [3.63, 3.8) is 0 Å². The van der Waals surface area contributed by atoms with Gasteiger partial charge in [-0.05, 0) is 80.2 Å². The first-order chi connectivity index (χ1) is 20.3. The number of carbonyl (C=O) groups excluding carboxylic acids is 3. The van der Waals surface area contributed by atoms with Crippen LogP contribution in [0.3, 0.4) is 0 Å². The minimum absolute atomic E-state index is 0.0576. The van der Waals surface area contributed by atoms with Crippen LogP contribution >= 0.6 is 23.2 Å². The van der Waals surface area contributed by atoms with E-state index in [4.69, 9.17) is 37.8 Å². The van der Waals surface area contributed by atoms with Crippen molar-refractivity contribution in [3.05, 3.63) is 86.7 Å². The van der Waals surface area contributed by atoms with Crippen LogP contribution in [0, 0.1) is 5.92 Å². The average molecular weight is 610 g/mol. The zero-order valence-electron chi connectivity index (χ0n) is 23.1. The van der Waals surface area contributed by atoms with Gasteiger partial charge in [-0.2, -0.15) is 5.10 Å². The van der Waals surface area contributed by atoms with E-state index in [2.05, 4.69) is 16.4 Å². The Morgan fingerprint density at radius 3 is 2.26 bits per heavy atom. The minimum atomic E-state index is -0.831. The predicted molar refractivity (Wildman–Crippen MR) is 157 cm³/mol. The maximum atomic E-state index is 14.0. The van der Waals surface area contributed by atoms with E-state index in [1.54, 1.807) is 26.0 Å². The average Bonchev–Trinajstić information content (AvgIpc) is 3.58. The molecule has 3 aromatic rings. The molecule has 2 aromatic carbocycles. The third-order valence-corrected chi connectivity index (χ3v) is 7.64. The van der Waals surface area contributed by atoms with Crippen molar-refractivity contribution in [2.24, 2.45) is 11.0 Å². The van der Waals surface area contributed by atoms with Gasteiger partial charge in [0.15, 0.2) is 5.69 Å². The molecule has 12 heteroatoms. The molecule has 1 amide bonds. The molecular formula is C30H29Cl2N5O5. The van der Waals surface area contributed by atoms with Crippen LogP contribution < -0.4 is 0 Å². The van der Waals surface area contributed by atoms with Crippen LogP contribution in [-0.2, 0) is 20.8 Å². The van der Waals surface area contributed by atoms with Crippen LogP contribution in [0.25, 0.3) is 6.08 Å². The second kappa shape index (κ2) is 12.9. The molecule has 0 N–H and O–H groups in total. The Bertz CT molecular complexity index is 1550. The first-order valence-electron chi connectivity index (χ1n) is 13.7. The lowest BCUT2D eigenvalue weighted by Gasteiger charge is -2.29. The van der Waals surface area contributed by atoms with Gasteiger partial charge in [-0.25, -0.2) is 19.3 Å². The number of aromatic nitrogens is 3. The van der Waals surface area contributed by atoms with Gasteiger partial charge >= 0.3 is 11.9 Å². The van der Waals surface area contributed by atoms with Gasteiger partial charge in [0.25, 0.3) is 5.91 Å². The van der Waals surface area contributed by atoms with Gasteiger partial charge in [-0.15, -0.1) is 5.10 Å². The van der Waals surface area contributed by atoms with Gasteiger partial charge in [0, 0.05) is 16.0 Å². The normalized spacial score (nSPS) is 18.9. The van der Waals surface area contributed by atoms with Crippen LogP contribution in [0.2, 0.25) is 10.0 Å². The molecule has 2 atom stereocenters. The maximum Gasteiger partial charge on any atom is 0.361 e. The summed E-state index contributed by atoms with van der Waals surface area (Å²) in [5, 5.41) is 15.3. The number of hydrogen-bond donors (Lipinski definition) is 0. The first-order valence-corrected chi connectivity index (χ1v) is 14.5. The van der Waals surface area contributed by atoms with Gasteiger partial charge in [0.2, 0.25) is 5.69 Å². The molecule has 1 aliphatic heterocycles. The third kappa shape index (κ3) is 6.10. The van der Waals surface area contributed by atoms with E-state index < -0.39 is 30.4 Å². The Hall–Kier alpha value is -4.02. The number of nitrogens with zero attached hydrogens (tertiary/aromatic N) is 5. The second-order valence-electron chi connectivity index (χ2n) is 9.83. The summed E-state index contributed by atoms with van der Waals surface area (Å²) in [5.74, 6) is -2.16. The number of hydrogen-bond acceptors (Lipinski definition) is 8. The molecule has 5 rings (SSSR count). The van der Waals surface area contributed by atoms with E-state index in [0.29, 0.717) is 10.0 Å². The van der Waals surface area contributed by atoms with Crippen molar-refractivity contribution in [1.29, 1.82) is 0 Å². The lowest BCUT2D eigenvalue weighted by Crippen LogP contribution is -2.34. The predicted octanol–water partition coefficient (Wildman–Crippen LogP) is 5.76. The van der Waals surface area contributed by atoms with Crippen LogP contribution in [0.5, 0.6) is 0 Å². The van der Waals surface area contributed by atoms with Crippen molar-refractivity contribution in [3.8, 4) is 0 Å². The molecule has 10 nitrogen and oxygen atoms in total. The number of amides is 1. The molecule has 1 aromatic heterocycles. The zero-order valence-corrected chi connectivity index (χ0v) is 24.6. The summed E-state index contributed by atoms with van der Waals surface area (Å²) in [6, 6.07) is 14.5. The van der Waals surface area contributed by atoms with E-state index in [0.717, 1.165) is 46.4 Å². The van der Waals surface area contributed by atoms with Gasteiger partial charge in [-0.1, -0.05) is 52.7 Å². The lowest BCUT2D eigenvalue weighted by atomic mass is 9.77. The molecular weight excluding hydrogens is 581 g/mol. The minimum Gasteiger partial charge on any atom is -0.461 e. The number of benzene rings is 2. The Morgan fingerprint density at radius 2 is 1.60 bits per heavy atom. The van der Waals surface area contributed by atoms with Crippen LogP contribution in [0.15, 0.2) is 59.2 Å². The molecule has 0 bridgehead atoms. The number of halogens is 2. The Morgan fingerprint density at radius 1 is 0.952 bits per heavy atom. The highest BCUT2D eigenvalue weighted by Crippen LogP contribution is 2.44. The summed E-state index contributed by atoms with van der Waals surface area (Å²) in [6.45, 7) is 3.01. The second-order valence-corrected chi connectivity index (χ2v) is 10.7. The van der Waals surface area contributed by atoms with Crippen molar-refractivity contribution < 1.29 is 23.9 Å². The molecule has 2 aliphatic rings. The summed E-state index contributed by atoms with van der Waals surface area (Å²) in [6.07, 6.45) is 4.65. The smallest absolute Gasteiger partial charge is 0.361 e. The monoisotopic (exact) mass is 609 g/mol. The topological polar surface area (TPSA) is 116 Å². The molecule has 2 unspecified atom stereocenters. The summed E-state index contributed by atoms with van der Waals surface area (Å²) < 4.78 is 11.2. The molecule has 1 fully saturated rings. The third-order valence-electron chi connectivity index (χ3n) is 7.14. The summed E-state index contributed by atoms with van der Waals surface area (Å²) in [7, 11) is 0. The Labute approximate surface area is 252 Å². The van der Waals surface area contributed by atoms with Crippen molar-refractivity contribution in [2.45, 2.75) is 45.7 Å². The quantitative estimate of drug-likeness (QED) is 0.298. The number of ether oxygens (including phenoxy) is 2. The lowest BCUT2D eigenvalue weighted by molar-refractivity contribution is -0.134. The fraction of sp³-hybridized carbons (Fsp3) is 0.333. The largest absolute Gasteiger partial charge is 0.461 e.